The molecule has 0 saturated heterocycles. The smallest absolute Gasteiger partial charge is 0.336 e. The molecule has 0 spiro atoms. The number of carbonyl (C=O) groups is 3. The van der Waals surface area contributed by atoms with Crippen LogP contribution in [0.15, 0.2) is 34.7 Å². The van der Waals surface area contributed by atoms with Crippen LogP contribution in [0.25, 0.3) is 0 Å². The Kier molecular flexibility index (Phi) is 6.27. The average molecular weight is 418 g/mol. The molecule has 0 unspecified atom stereocenters. The Balaban J connectivity index is 2.13. The van der Waals surface area contributed by atoms with Crippen molar-refractivity contribution in [2.45, 2.75) is 46.5 Å². The average Bonchev–Trinajstić information content (AvgIpc) is 3.10. The van der Waals surface area contributed by atoms with Gasteiger partial charge in [0.2, 0.25) is 0 Å². The number of dihydropyridines is 1. The standard InChI is InChI=1S/C22H27NO5S/c1-6-9-28-22(26)17-13(4)23-14-10-11(2)16(21(25)27-5)20(24)18(14)19(17)15-8-7-12(3)29-15/h7-8,11,16,19,23H,6,9-10H2,1-5H3/t11-,16-,19+/m1/s1. The first-order valence-corrected chi connectivity index (χ1v) is 10.7. The van der Waals surface area contributed by atoms with Gasteiger partial charge in [-0.2, -0.15) is 0 Å². The number of carbonyl (C=O) groups excluding carboxylic acids is 3. The van der Waals surface area contributed by atoms with Crippen LogP contribution in [0.1, 0.15) is 49.3 Å². The van der Waals surface area contributed by atoms with E-state index in [1.165, 1.54) is 7.11 Å². The second-order valence-corrected chi connectivity index (χ2v) is 8.94. The zero-order chi connectivity index (χ0) is 21.3. The summed E-state index contributed by atoms with van der Waals surface area (Å²) in [7, 11) is 1.29. The minimum atomic E-state index is -0.865. The Labute approximate surface area is 175 Å². The molecule has 156 valence electrons. The maximum absolute atomic E-state index is 13.5. The van der Waals surface area contributed by atoms with Crippen LogP contribution in [-0.4, -0.2) is 31.4 Å². The first kappa shape index (κ1) is 21.3. The van der Waals surface area contributed by atoms with Crippen LogP contribution in [0, 0.1) is 18.8 Å². The lowest BCUT2D eigenvalue weighted by Crippen LogP contribution is -2.43. The predicted molar refractivity (Wildman–Crippen MR) is 110 cm³/mol. The number of esters is 2. The molecule has 0 fully saturated rings. The fourth-order valence-corrected chi connectivity index (χ4v) is 5.11. The molecule has 29 heavy (non-hydrogen) atoms. The molecule has 7 heteroatoms. The van der Waals surface area contributed by atoms with E-state index in [9.17, 15) is 14.4 Å². The minimum absolute atomic E-state index is 0.187. The summed E-state index contributed by atoms with van der Waals surface area (Å²) in [5.74, 6) is -2.83. The van der Waals surface area contributed by atoms with Gasteiger partial charge in [-0.25, -0.2) is 4.79 Å². The molecule has 1 N–H and O–H groups in total. The Morgan fingerprint density at radius 3 is 2.59 bits per heavy atom. The Morgan fingerprint density at radius 2 is 2.00 bits per heavy atom. The van der Waals surface area contributed by atoms with E-state index in [1.54, 1.807) is 11.3 Å². The predicted octanol–water partition coefficient (Wildman–Crippen LogP) is 3.62. The second-order valence-electron chi connectivity index (χ2n) is 7.62. The molecular weight excluding hydrogens is 390 g/mol. The van der Waals surface area contributed by atoms with Crippen LogP contribution in [0.4, 0.5) is 0 Å². The molecule has 0 aromatic carbocycles. The highest BCUT2D eigenvalue weighted by Crippen LogP contribution is 2.46. The van der Waals surface area contributed by atoms with Crippen molar-refractivity contribution in [3.8, 4) is 0 Å². The van der Waals surface area contributed by atoms with Gasteiger partial charge in [0.25, 0.3) is 0 Å². The monoisotopic (exact) mass is 417 g/mol. The lowest BCUT2D eigenvalue weighted by molar-refractivity contribution is -0.151. The van der Waals surface area contributed by atoms with Gasteiger partial charge in [0.1, 0.15) is 5.92 Å². The summed E-state index contributed by atoms with van der Waals surface area (Å²) in [6, 6.07) is 3.92. The summed E-state index contributed by atoms with van der Waals surface area (Å²) in [6.45, 7) is 7.94. The van der Waals surface area contributed by atoms with Crippen molar-refractivity contribution in [3.05, 3.63) is 44.4 Å². The van der Waals surface area contributed by atoms with Crippen LogP contribution in [0.5, 0.6) is 0 Å². The summed E-state index contributed by atoms with van der Waals surface area (Å²) in [5.41, 5.74) is 2.39. The maximum Gasteiger partial charge on any atom is 0.336 e. The number of hydrogen-bond acceptors (Lipinski definition) is 7. The van der Waals surface area contributed by atoms with Crippen LogP contribution >= 0.6 is 11.3 Å². The summed E-state index contributed by atoms with van der Waals surface area (Å²) in [6.07, 6.45) is 1.25. The van der Waals surface area contributed by atoms with Crippen molar-refractivity contribution < 1.29 is 23.9 Å². The summed E-state index contributed by atoms with van der Waals surface area (Å²) in [5, 5.41) is 3.26. The summed E-state index contributed by atoms with van der Waals surface area (Å²) in [4.78, 5) is 40.7. The van der Waals surface area contributed by atoms with Gasteiger partial charge >= 0.3 is 11.9 Å². The zero-order valence-corrected chi connectivity index (χ0v) is 18.3. The number of ether oxygens (including phenoxy) is 2. The van der Waals surface area contributed by atoms with E-state index in [1.807, 2.05) is 39.8 Å². The number of nitrogens with one attached hydrogen (secondary N) is 1. The van der Waals surface area contributed by atoms with E-state index in [0.717, 1.165) is 15.5 Å². The Morgan fingerprint density at radius 1 is 1.28 bits per heavy atom. The van der Waals surface area contributed by atoms with Gasteiger partial charge in [0.05, 0.1) is 25.2 Å². The van der Waals surface area contributed by atoms with Crippen LogP contribution in [-0.2, 0) is 23.9 Å². The number of ketones is 1. The molecular formula is C22H27NO5S. The lowest BCUT2D eigenvalue weighted by Gasteiger charge is -2.37. The number of allylic oxidation sites excluding steroid dienone is 3. The Hall–Kier alpha value is -2.41. The molecule has 3 rings (SSSR count). The third-order valence-electron chi connectivity index (χ3n) is 5.45. The van der Waals surface area contributed by atoms with Crippen molar-refractivity contribution in [2.24, 2.45) is 11.8 Å². The van der Waals surface area contributed by atoms with E-state index in [0.29, 0.717) is 36.3 Å². The molecule has 6 nitrogen and oxygen atoms in total. The second kappa shape index (κ2) is 8.53. The molecule has 1 aliphatic heterocycles. The van der Waals surface area contributed by atoms with Gasteiger partial charge < -0.3 is 14.8 Å². The van der Waals surface area contributed by atoms with Crippen molar-refractivity contribution in [1.82, 2.24) is 5.32 Å². The quantitative estimate of drug-likeness (QED) is 0.582. The van der Waals surface area contributed by atoms with E-state index in [-0.39, 0.29) is 11.7 Å². The third kappa shape index (κ3) is 3.88. The molecule has 1 aromatic heterocycles. The topological polar surface area (TPSA) is 81.7 Å². The fourth-order valence-electron chi connectivity index (χ4n) is 4.12. The van der Waals surface area contributed by atoms with Crippen molar-refractivity contribution >= 4 is 29.1 Å². The molecule has 1 aliphatic carbocycles. The van der Waals surface area contributed by atoms with E-state index < -0.39 is 23.8 Å². The Bertz CT molecular complexity index is 910. The van der Waals surface area contributed by atoms with Crippen molar-refractivity contribution in [3.63, 3.8) is 0 Å². The van der Waals surface area contributed by atoms with Crippen molar-refractivity contribution in [1.29, 1.82) is 0 Å². The van der Waals surface area contributed by atoms with Gasteiger partial charge in [0.15, 0.2) is 5.78 Å². The molecule has 0 bridgehead atoms. The van der Waals surface area contributed by atoms with Crippen LogP contribution < -0.4 is 5.32 Å². The number of thiophene rings is 1. The van der Waals surface area contributed by atoms with Gasteiger partial charge in [-0.3, -0.25) is 9.59 Å². The molecule has 0 radical (unpaired) electrons. The van der Waals surface area contributed by atoms with Gasteiger partial charge in [-0.1, -0.05) is 13.8 Å². The molecule has 2 aliphatic rings. The number of hydrogen-bond donors (Lipinski definition) is 1. The van der Waals surface area contributed by atoms with Crippen LogP contribution in [0.3, 0.4) is 0 Å². The van der Waals surface area contributed by atoms with Gasteiger partial charge in [0, 0.05) is 26.7 Å². The minimum Gasteiger partial charge on any atom is -0.468 e. The molecule has 3 atom stereocenters. The highest BCUT2D eigenvalue weighted by atomic mass is 32.1. The lowest BCUT2D eigenvalue weighted by atomic mass is 9.70. The van der Waals surface area contributed by atoms with Crippen LogP contribution in [0.2, 0.25) is 0 Å². The maximum atomic E-state index is 13.5. The number of rotatable bonds is 5. The first-order chi connectivity index (χ1) is 13.8. The molecule has 0 amide bonds. The SMILES string of the molecule is CCCOC(=O)C1=C(C)NC2=C(C(=O)[C@H](C(=O)OC)[C@H](C)C2)[C@H]1c1ccc(C)s1. The van der Waals surface area contributed by atoms with E-state index in [4.69, 9.17) is 9.47 Å². The van der Waals surface area contributed by atoms with Gasteiger partial charge in [-0.15, -0.1) is 11.3 Å². The van der Waals surface area contributed by atoms with Gasteiger partial charge in [-0.05, 0) is 44.7 Å². The third-order valence-corrected chi connectivity index (χ3v) is 6.51. The summed E-state index contributed by atoms with van der Waals surface area (Å²) >= 11 is 1.54. The first-order valence-electron chi connectivity index (χ1n) is 9.86. The molecule has 0 saturated carbocycles. The van der Waals surface area contributed by atoms with Crippen molar-refractivity contribution in [2.75, 3.05) is 13.7 Å². The molecule has 1 aromatic rings. The zero-order valence-electron chi connectivity index (χ0n) is 17.5. The highest BCUT2D eigenvalue weighted by Gasteiger charge is 2.47. The number of methoxy groups -OCH3 is 1. The normalized spacial score (nSPS) is 24.2. The largest absolute Gasteiger partial charge is 0.468 e. The number of Topliss-reactive ketones (excluding diaryl/α,β-unsaturated/α-hetero) is 1. The summed E-state index contributed by atoms with van der Waals surface area (Å²) < 4.78 is 10.3. The van der Waals surface area contributed by atoms with E-state index in [2.05, 4.69) is 5.32 Å². The highest BCUT2D eigenvalue weighted by molar-refractivity contribution is 7.12. The molecule has 2 heterocycles. The number of aryl methyl sites for hydroxylation is 1. The van der Waals surface area contributed by atoms with E-state index >= 15 is 0 Å². The fraction of sp³-hybridized carbons (Fsp3) is 0.500.